The average Bonchev–Trinajstić information content (AvgIpc) is 2.79. The van der Waals surface area contributed by atoms with Crippen molar-refractivity contribution < 1.29 is 18.0 Å². The number of hydrogen-bond donors (Lipinski definition) is 1. The monoisotopic (exact) mass is 450 g/mol. The van der Waals surface area contributed by atoms with Crippen LogP contribution in [0.4, 0.5) is 13.2 Å². The summed E-state index contributed by atoms with van der Waals surface area (Å²) < 4.78 is 40.9. The van der Waals surface area contributed by atoms with Crippen LogP contribution >= 0.6 is 0 Å². The number of alkyl halides is 3. The van der Waals surface area contributed by atoms with Gasteiger partial charge in [-0.1, -0.05) is 54.1 Å². The minimum Gasteiger partial charge on any atom is -0.352 e. The van der Waals surface area contributed by atoms with Gasteiger partial charge in [0.05, 0.1) is 11.1 Å². The molecule has 0 radical (unpaired) electrons. The van der Waals surface area contributed by atoms with Crippen LogP contribution in [0.1, 0.15) is 27.0 Å². The number of nitrogens with one attached hydrogen (secondary N) is 1. The molecule has 3 aromatic carbocycles. The van der Waals surface area contributed by atoms with Gasteiger partial charge in [-0.25, -0.2) is 0 Å². The van der Waals surface area contributed by atoms with Crippen LogP contribution in [-0.4, -0.2) is 17.0 Å². The smallest absolute Gasteiger partial charge is 0.352 e. The SMILES string of the molecule is Cc1ccc(CCNC(=O)c2cc3ccccc3n(-c3cccc(C(F)(F)F)c3)c2=O)cc1. The molecule has 7 heteroatoms. The Morgan fingerprint density at radius 2 is 1.67 bits per heavy atom. The minimum atomic E-state index is -4.56. The molecule has 0 spiro atoms. The molecule has 0 bridgehead atoms. The van der Waals surface area contributed by atoms with Crippen LogP contribution in [0, 0.1) is 6.92 Å². The molecular formula is C26H21F3N2O2. The fourth-order valence-corrected chi connectivity index (χ4v) is 3.67. The van der Waals surface area contributed by atoms with E-state index in [0.717, 1.165) is 27.8 Å². The highest BCUT2D eigenvalue weighted by Gasteiger charge is 2.30. The number of carbonyl (C=O) groups is 1. The van der Waals surface area contributed by atoms with E-state index in [4.69, 9.17) is 0 Å². The second kappa shape index (κ2) is 8.94. The van der Waals surface area contributed by atoms with Crippen LogP contribution in [-0.2, 0) is 12.6 Å². The third kappa shape index (κ3) is 4.82. The van der Waals surface area contributed by atoms with Gasteiger partial charge in [0.15, 0.2) is 0 Å². The lowest BCUT2D eigenvalue weighted by molar-refractivity contribution is -0.137. The number of aryl methyl sites for hydroxylation is 1. The fourth-order valence-electron chi connectivity index (χ4n) is 3.67. The zero-order valence-corrected chi connectivity index (χ0v) is 17.8. The van der Waals surface area contributed by atoms with E-state index in [1.165, 1.54) is 18.2 Å². The number of nitrogens with zero attached hydrogens (tertiary/aromatic N) is 1. The van der Waals surface area contributed by atoms with E-state index in [0.29, 0.717) is 23.9 Å². The lowest BCUT2D eigenvalue weighted by atomic mass is 10.1. The molecule has 4 rings (SSSR count). The van der Waals surface area contributed by atoms with Gasteiger partial charge in [-0.3, -0.25) is 14.2 Å². The average molecular weight is 450 g/mol. The molecule has 0 unspecified atom stereocenters. The summed E-state index contributed by atoms with van der Waals surface area (Å²) in [6, 6.07) is 20.7. The highest BCUT2D eigenvalue weighted by molar-refractivity contribution is 5.97. The molecule has 1 N–H and O–H groups in total. The van der Waals surface area contributed by atoms with Crippen molar-refractivity contribution in [1.82, 2.24) is 9.88 Å². The van der Waals surface area contributed by atoms with Gasteiger partial charge >= 0.3 is 6.18 Å². The molecule has 4 aromatic rings. The molecule has 0 fully saturated rings. The summed E-state index contributed by atoms with van der Waals surface area (Å²) in [7, 11) is 0. The Kier molecular flexibility index (Phi) is 6.05. The number of pyridine rings is 1. The normalized spacial score (nSPS) is 11.5. The van der Waals surface area contributed by atoms with Gasteiger partial charge in [0, 0.05) is 12.2 Å². The number of rotatable bonds is 5. The second-order valence-electron chi connectivity index (χ2n) is 7.80. The fraction of sp³-hybridized carbons (Fsp3) is 0.154. The van der Waals surface area contributed by atoms with Gasteiger partial charge in [0.25, 0.3) is 11.5 Å². The van der Waals surface area contributed by atoms with Crippen LogP contribution in [0.2, 0.25) is 0 Å². The Bertz CT molecular complexity index is 1370. The van der Waals surface area contributed by atoms with Crippen molar-refractivity contribution >= 4 is 16.8 Å². The van der Waals surface area contributed by atoms with E-state index in [-0.39, 0.29) is 11.3 Å². The Balaban J connectivity index is 1.70. The van der Waals surface area contributed by atoms with E-state index in [1.807, 2.05) is 31.2 Å². The summed E-state index contributed by atoms with van der Waals surface area (Å²) in [6.45, 7) is 2.30. The van der Waals surface area contributed by atoms with Gasteiger partial charge < -0.3 is 5.32 Å². The summed E-state index contributed by atoms with van der Waals surface area (Å²) in [4.78, 5) is 26.1. The number of aromatic nitrogens is 1. The first kappa shape index (κ1) is 22.3. The molecule has 0 aliphatic rings. The molecule has 1 aromatic heterocycles. The van der Waals surface area contributed by atoms with E-state index in [9.17, 15) is 22.8 Å². The van der Waals surface area contributed by atoms with Gasteiger partial charge in [0.1, 0.15) is 5.56 Å². The molecule has 0 aliphatic carbocycles. The highest BCUT2D eigenvalue weighted by Crippen LogP contribution is 2.30. The molecule has 0 saturated carbocycles. The quantitative estimate of drug-likeness (QED) is 0.449. The third-order valence-corrected chi connectivity index (χ3v) is 5.41. The number of para-hydroxylation sites is 1. The first-order valence-corrected chi connectivity index (χ1v) is 10.4. The summed E-state index contributed by atoms with van der Waals surface area (Å²) in [6.07, 6.45) is -3.97. The molecule has 0 aliphatic heterocycles. The maximum atomic E-state index is 13.3. The van der Waals surface area contributed by atoms with Crippen LogP contribution < -0.4 is 10.9 Å². The maximum absolute atomic E-state index is 13.3. The number of fused-ring (bicyclic) bond motifs is 1. The first-order valence-electron chi connectivity index (χ1n) is 10.4. The van der Waals surface area contributed by atoms with Crippen molar-refractivity contribution in [2.45, 2.75) is 19.5 Å². The van der Waals surface area contributed by atoms with Gasteiger partial charge in [-0.15, -0.1) is 0 Å². The van der Waals surface area contributed by atoms with Gasteiger partial charge in [0.2, 0.25) is 0 Å². The second-order valence-corrected chi connectivity index (χ2v) is 7.80. The zero-order chi connectivity index (χ0) is 23.6. The number of hydrogen-bond acceptors (Lipinski definition) is 2. The van der Waals surface area contributed by atoms with Crippen molar-refractivity contribution in [2.24, 2.45) is 0 Å². The lowest BCUT2D eigenvalue weighted by Crippen LogP contribution is -2.33. The molecule has 4 nitrogen and oxygen atoms in total. The van der Waals surface area contributed by atoms with Gasteiger partial charge in [-0.2, -0.15) is 13.2 Å². The standard InChI is InChI=1S/C26H21F3N2O2/c1-17-9-11-18(12-10-17)13-14-30-24(32)22-15-19-5-2-3-8-23(19)31(25(22)33)21-7-4-6-20(16-21)26(27,28)29/h2-12,15-16H,13-14H2,1H3,(H,30,32). The molecule has 1 amide bonds. The topological polar surface area (TPSA) is 51.1 Å². The molecule has 0 atom stereocenters. The van der Waals surface area contributed by atoms with Crippen molar-refractivity contribution in [1.29, 1.82) is 0 Å². The lowest BCUT2D eigenvalue weighted by Gasteiger charge is -2.15. The molecule has 1 heterocycles. The Hall–Kier alpha value is -3.87. The summed E-state index contributed by atoms with van der Waals surface area (Å²) in [5.41, 5.74) is 0.952. The van der Waals surface area contributed by atoms with Crippen LogP contribution in [0.3, 0.4) is 0 Å². The van der Waals surface area contributed by atoms with E-state index in [2.05, 4.69) is 5.32 Å². The zero-order valence-electron chi connectivity index (χ0n) is 17.8. The van der Waals surface area contributed by atoms with Crippen molar-refractivity contribution in [2.75, 3.05) is 6.54 Å². The largest absolute Gasteiger partial charge is 0.416 e. The van der Waals surface area contributed by atoms with Crippen LogP contribution in [0.15, 0.2) is 83.7 Å². The summed E-state index contributed by atoms with van der Waals surface area (Å²) in [5, 5.41) is 3.32. The Morgan fingerprint density at radius 3 is 2.39 bits per heavy atom. The molecule has 0 saturated heterocycles. The minimum absolute atomic E-state index is 0.0420. The van der Waals surface area contributed by atoms with Crippen molar-refractivity contribution in [3.63, 3.8) is 0 Å². The maximum Gasteiger partial charge on any atom is 0.416 e. The number of amides is 1. The number of halogens is 3. The predicted molar refractivity (Wildman–Crippen MR) is 122 cm³/mol. The predicted octanol–water partition coefficient (Wildman–Crippen LogP) is 5.29. The summed E-state index contributed by atoms with van der Waals surface area (Å²) >= 11 is 0. The molecule has 168 valence electrons. The highest BCUT2D eigenvalue weighted by atomic mass is 19.4. The van der Waals surface area contributed by atoms with Crippen LogP contribution in [0.5, 0.6) is 0 Å². The van der Waals surface area contributed by atoms with E-state index >= 15 is 0 Å². The summed E-state index contributed by atoms with van der Waals surface area (Å²) in [5.74, 6) is -0.571. The Morgan fingerprint density at radius 1 is 0.939 bits per heavy atom. The van der Waals surface area contributed by atoms with E-state index in [1.54, 1.807) is 24.3 Å². The molecular weight excluding hydrogens is 429 g/mol. The number of benzene rings is 3. The third-order valence-electron chi connectivity index (χ3n) is 5.41. The molecule has 33 heavy (non-hydrogen) atoms. The van der Waals surface area contributed by atoms with Crippen molar-refractivity contribution in [3.05, 3.63) is 111 Å². The first-order chi connectivity index (χ1) is 15.7. The number of carbonyl (C=O) groups excluding carboxylic acids is 1. The van der Waals surface area contributed by atoms with Crippen molar-refractivity contribution in [3.8, 4) is 5.69 Å². The van der Waals surface area contributed by atoms with Crippen LogP contribution in [0.25, 0.3) is 16.6 Å². The Labute approximate surface area is 188 Å². The van der Waals surface area contributed by atoms with Gasteiger partial charge in [-0.05, 0) is 54.6 Å². The van der Waals surface area contributed by atoms with E-state index < -0.39 is 23.2 Å².